The minimum atomic E-state index is 0.448. The average molecular weight is 277 g/mol. The first-order valence-electron chi connectivity index (χ1n) is 7.78. The van der Waals surface area contributed by atoms with Gasteiger partial charge in [-0.3, -0.25) is 0 Å². The lowest BCUT2D eigenvalue weighted by Gasteiger charge is -2.27. The average Bonchev–Trinajstić information content (AvgIpc) is 2.52. The van der Waals surface area contributed by atoms with Crippen LogP contribution in [0.1, 0.15) is 44.2 Å². The van der Waals surface area contributed by atoms with Crippen LogP contribution in [0.15, 0.2) is 24.3 Å². The molecule has 2 rings (SSSR count). The minimum absolute atomic E-state index is 0.448. The first-order valence-corrected chi connectivity index (χ1v) is 7.78. The van der Waals surface area contributed by atoms with Crippen molar-refractivity contribution in [3.63, 3.8) is 0 Å². The van der Waals surface area contributed by atoms with Gasteiger partial charge in [0.15, 0.2) is 0 Å². The van der Waals surface area contributed by atoms with Gasteiger partial charge in [-0.1, -0.05) is 19.1 Å². The van der Waals surface area contributed by atoms with Gasteiger partial charge in [0.05, 0.1) is 7.11 Å². The van der Waals surface area contributed by atoms with Crippen molar-refractivity contribution in [3.05, 3.63) is 29.8 Å². The molecule has 3 nitrogen and oxygen atoms in total. The van der Waals surface area contributed by atoms with Gasteiger partial charge < -0.3 is 14.8 Å². The normalized spacial score (nSPS) is 17.9. The van der Waals surface area contributed by atoms with Crippen molar-refractivity contribution in [2.75, 3.05) is 26.9 Å². The predicted octanol–water partition coefficient (Wildman–Crippen LogP) is 3.55. The molecule has 1 aromatic rings. The Morgan fingerprint density at radius 1 is 1.25 bits per heavy atom. The fourth-order valence-corrected chi connectivity index (χ4v) is 2.81. The summed E-state index contributed by atoms with van der Waals surface area (Å²) < 4.78 is 10.7. The van der Waals surface area contributed by atoms with Crippen LogP contribution in [0, 0.1) is 5.92 Å². The van der Waals surface area contributed by atoms with Crippen LogP contribution in [0.3, 0.4) is 0 Å². The monoisotopic (exact) mass is 277 g/mol. The van der Waals surface area contributed by atoms with E-state index >= 15 is 0 Å². The molecule has 1 fully saturated rings. The Balaban J connectivity index is 2.00. The maximum absolute atomic E-state index is 5.46. The number of nitrogens with one attached hydrogen (secondary N) is 1. The molecule has 0 aromatic heterocycles. The van der Waals surface area contributed by atoms with E-state index in [0.29, 0.717) is 6.04 Å². The van der Waals surface area contributed by atoms with E-state index in [9.17, 15) is 0 Å². The molecule has 0 amide bonds. The quantitative estimate of drug-likeness (QED) is 0.826. The van der Waals surface area contributed by atoms with Crippen molar-refractivity contribution >= 4 is 0 Å². The van der Waals surface area contributed by atoms with E-state index in [-0.39, 0.29) is 0 Å². The van der Waals surface area contributed by atoms with Gasteiger partial charge in [0.2, 0.25) is 0 Å². The molecule has 1 unspecified atom stereocenters. The largest absolute Gasteiger partial charge is 0.497 e. The summed E-state index contributed by atoms with van der Waals surface area (Å²) in [5.41, 5.74) is 1.37. The van der Waals surface area contributed by atoms with Crippen molar-refractivity contribution in [1.82, 2.24) is 5.32 Å². The van der Waals surface area contributed by atoms with Crippen molar-refractivity contribution in [3.8, 4) is 5.75 Å². The lowest BCUT2D eigenvalue weighted by molar-refractivity contribution is 0.0605. The molecule has 0 bridgehead atoms. The topological polar surface area (TPSA) is 30.5 Å². The van der Waals surface area contributed by atoms with Crippen molar-refractivity contribution < 1.29 is 9.47 Å². The first-order chi connectivity index (χ1) is 9.83. The summed E-state index contributed by atoms with van der Waals surface area (Å²) in [5.74, 6) is 1.70. The molecular weight excluding hydrogens is 250 g/mol. The van der Waals surface area contributed by atoms with Gasteiger partial charge in [-0.05, 0) is 55.8 Å². The zero-order valence-corrected chi connectivity index (χ0v) is 12.7. The number of rotatable bonds is 7. The maximum Gasteiger partial charge on any atom is 0.118 e. The summed E-state index contributed by atoms with van der Waals surface area (Å²) in [7, 11) is 1.71. The predicted molar refractivity (Wildman–Crippen MR) is 82.2 cm³/mol. The minimum Gasteiger partial charge on any atom is -0.497 e. The highest BCUT2D eigenvalue weighted by Crippen LogP contribution is 2.28. The highest BCUT2D eigenvalue weighted by atomic mass is 16.5. The summed E-state index contributed by atoms with van der Waals surface area (Å²) in [6.45, 7) is 5.13. The Hall–Kier alpha value is -1.06. The third kappa shape index (κ3) is 4.50. The molecule has 1 heterocycles. The Labute approximate surface area is 122 Å². The van der Waals surface area contributed by atoms with Crippen molar-refractivity contribution in [2.24, 2.45) is 5.92 Å². The maximum atomic E-state index is 5.46. The molecule has 0 saturated carbocycles. The second-order valence-electron chi connectivity index (χ2n) is 5.57. The van der Waals surface area contributed by atoms with Crippen LogP contribution in [-0.2, 0) is 4.74 Å². The molecule has 1 aliphatic rings. The standard InChI is InChI=1S/C17H27NO2/c1-3-10-18-17(13-14-8-11-20-12-9-14)15-4-6-16(19-2)7-5-15/h4-7,14,17-18H,3,8-13H2,1-2H3. The molecule has 20 heavy (non-hydrogen) atoms. The lowest BCUT2D eigenvalue weighted by Crippen LogP contribution is -2.27. The van der Waals surface area contributed by atoms with E-state index in [1.54, 1.807) is 7.11 Å². The van der Waals surface area contributed by atoms with E-state index in [1.807, 2.05) is 0 Å². The Bertz CT molecular complexity index is 371. The summed E-state index contributed by atoms with van der Waals surface area (Å²) in [5, 5.41) is 3.69. The van der Waals surface area contributed by atoms with Crippen molar-refractivity contribution in [1.29, 1.82) is 0 Å². The van der Waals surface area contributed by atoms with Crippen LogP contribution in [0.2, 0.25) is 0 Å². The summed E-state index contributed by atoms with van der Waals surface area (Å²) in [6.07, 6.45) is 4.76. The summed E-state index contributed by atoms with van der Waals surface area (Å²) >= 11 is 0. The van der Waals surface area contributed by atoms with Gasteiger partial charge in [0.25, 0.3) is 0 Å². The van der Waals surface area contributed by atoms with E-state index < -0.39 is 0 Å². The Morgan fingerprint density at radius 3 is 2.55 bits per heavy atom. The molecule has 0 aliphatic carbocycles. The van der Waals surface area contributed by atoms with E-state index in [0.717, 1.165) is 31.4 Å². The van der Waals surface area contributed by atoms with Gasteiger partial charge in [0.1, 0.15) is 5.75 Å². The second kappa shape index (κ2) is 8.28. The van der Waals surface area contributed by atoms with Gasteiger partial charge in [-0.2, -0.15) is 0 Å². The van der Waals surface area contributed by atoms with E-state index in [4.69, 9.17) is 9.47 Å². The van der Waals surface area contributed by atoms with E-state index in [2.05, 4.69) is 36.5 Å². The highest BCUT2D eigenvalue weighted by Gasteiger charge is 2.20. The van der Waals surface area contributed by atoms with Gasteiger partial charge in [0, 0.05) is 19.3 Å². The van der Waals surface area contributed by atoms with Crippen LogP contribution in [0.4, 0.5) is 0 Å². The van der Waals surface area contributed by atoms with Crippen LogP contribution < -0.4 is 10.1 Å². The number of hydrogen-bond donors (Lipinski definition) is 1. The zero-order valence-electron chi connectivity index (χ0n) is 12.7. The third-order valence-electron chi connectivity index (χ3n) is 4.07. The first kappa shape index (κ1) is 15.3. The number of benzene rings is 1. The fraction of sp³-hybridized carbons (Fsp3) is 0.647. The number of methoxy groups -OCH3 is 1. The second-order valence-corrected chi connectivity index (χ2v) is 5.57. The molecule has 1 atom stereocenters. The molecule has 1 saturated heterocycles. The molecule has 1 aromatic carbocycles. The van der Waals surface area contributed by atoms with Crippen LogP contribution in [0.5, 0.6) is 5.75 Å². The Morgan fingerprint density at radius 2 is 1.95 bits per heavy atom. The molecule has 0 radical (unpaired) electrons. The number of ether oxygens (including phenoxy) is 2. The summed E-state index contributed by atoms with van der Waals surface area (Å²) in [6, 6.07) is 8.93. The lowest BCUT2D eigenvalue weighted by atomic mass is 9.89. The van der Waals surface area contributed by atoms with E-state index in [1.165, 1.54) is 31.2 Å². The molecule has 112 valence electrons. The highest BCUT2D eigenvalue weighted by molar-refractivity contribution is 5.29. The van der Waals surface area contributed by atoms with Gasteiger partial charge in [-0.25, -0.2) is 0 Å². The Kier molecular flexibility index (Phi) is 6.34. The SMILES string of the molecule is CCCNC(CC1CCOCC1)c1ccc(OC)cc1. The van der Waals surface area contributed by atoms with Crippen molar-refractivity contribution in [2.45, 2.75) is 38.6 Å². The molecule has 3 heteroatoms. The number of hydrogen-bond acceptors (Lipinski definition) is 3. The van der Waals surface area contributed by atoms with Crippen LogP contribution in [-0.4, -0.2) is 26.9 Å². The molecule has 1 aliphatic heterocycles. The summed E-state index contributed by atoms with van der Waals surface area (Å²) in [4.78, 5) is 0. The molecular formula is C17H27NO2. The zero-order chi connectivity index (χ0) is 14.2. The smallest absolute Gasteiger partial charge is 0.118 e. The van der Waals surface area contributed by atoms with Crippen LogP contribution in [0.25, 0.3) is 0 Å². The molecule has 1 N–H and O–H groups in total. The fourth-order valence-electron chi connectivity index (χ4n) is 2.81. The van der Waals surface area contributed by atoms with Crippen LogP contribution >= 0.6 is 0 Å². The molecule has 0 spiro atoms. The van der Waals surface area contributed by atoms with Gasteiger partial charge >= 0.3 is 0 Å². The third-order valence-corrected chi connectivity index (χ3v) is 4.07. The van der Waals surface area contributed by atoms with Gasteiger partial charge in [-0.15, -0.1) is 0 Å².